The molecule has 37 heavy (non-hydrogen) atoms. The molecule has 7 heteroatoms. The van der Waals surface area contributed by atoms with Crippen molar-refractivity contribution in [2.24, 2.45) is 0 Å². The summed E-state index contributed by atoms with van der Waals surface area (Å²) in [7, 11) is 0. The molecule has 1 aliphatic rings. The lowest BCUT2D eigenvalue weighted by Crippen LogP contribution is -2.38. The summed E-state index contributed by atoms with van der Waals surface area (Å²) in [5, 5.41) is 11.3. The SMILES string of the molecule is CCCCOc1cccc(C2/C(=C(\O)c3ccc(OCCC)cc3)C(=O)C(=O)N2CCN(CC)CC)c1. The second-order valence-corrected chi connectivity index (χ2v) is 9.17. The predicted octanol–water partition coefficient (Wildman–Crippen LogP) is 5.42. The van der Waals surface area contributed by atoms with Crippen LogP contribution in [0.15, 0.2) is 54.1 Å². The van der Waals surface area contributed by atoms with E-state index < -0.39 is 17.7 Å². The number of aliphatic hydroxyl groups excluding tert-OH is 1. The van der Waals surface area contributed by atoms with E-state index in [1.165, 1.54) is 0 Å². The second-order valence-electron chi connectivity index (χ2n) is 9.17. The molecule has 1 heterocycles. The average molecular weight is 509 g/mol. The molecule has 1 fully saturated rings. The first-order valence-electron chi connectivity index (χ1n) is 13.4. The van der Waals surface area contributed by atoms with E-state index >= 15 is 0 Å². The molecule has 0 aromatic heterocycles. The summed E-state index contributed by atoms with van der Waals surface area (Å²) in [6, 6.07) is 13.7. The molecule has 1 N–H and O–H groups in total. The van der Waals surface area contributed by atoms with Gasteiger partial charge < -0.3 is 24.4 Å². The summed E-state index contributed by atoms with van der Waals surface area (Å²) in [4.78, 5) is 30.4. The Balaban J connectivity index is 2.03. The number of hydrogen-bond donors (Lipinski definition) is 1. The van der Waals surface area contributed by atoms with Crippen LogP contribution in [0.2, 0.25) is 0 Å². The Bertz CT molecular complexity index is 1080. The third kappa shape index (κ3) is 6.92. The van der Waals surface area contributed by atoms with Gasteiger partial charge in [0, 0.05) is 18.7 Å². The molecule has 0 spiro atoms. The number of carbonyl (C=O) groups is 2. The number of nitrogens with zero attached hydrogens (tertiary/aromatic N) is 2. The lowest BCUT2D eigenvalue weighted by atomic mass is 9.95. The van der Waals surface area contributed by atoms with Crippen LogP contribution in [0.5, 0.6) is 11.5 Å². The quantitative estimate of drug-likeness (QED) is 0.159. The molecule has 1 atom stereocenters. The van der Waals surface area contributed by atoms with Crippen molar-refractivity contribution in [1.82, 2.24) is 9.80 Å². The maximum atomic E-state index is 13.3. The van der Waals surface area contributed by atoms with Crippen molar-refractivity contribution < 1.29 is 24.2 Å². The van der Waals surface area contributed by atoms with Crippen molar-refractivity contribution in [3.63, 3.8) is 0 Å². The van der Waals surface area contributed by atoms with Crippen molar-refractivity contribution >= 4 is 17.4 Å². The first-order valence-corrected chi connectivity index (χ1v) is 13.4. The highest BCUT2D eigenvalue weighted by Crippen LogP contribution is 2.40. The maximum Gasteiger partial charge on any atom is 0.295 e. The Hall–Kier alpha value is -3.32. The lowest BCUT2D eigenvalue weighted by Gasteiger charge is -2.28. The Labute approximate surface area is 220 Å². The van der Waals surface area contributed by atoms with Gasteiger partial charge in [0.05, 0.1) is 24.8 Å². The number of benzene rings is 2. The fourth-order valence-electron chi connectivity index (χ4n) is 4.44. The number of likely N-dealkylation sites (tertiary alicyclic amines) is 1. The lowest BCUT2D eigenvalue weighted by molar-refractivity contribution is -0.140. The van der Waals surface area contributed by atoms with Gasteiger partial charge in [-0.1, -0.05) is 46.2 Å². The van der Waals surface area contributed by atoms with E-state index in [2.05, 4.69) is 25.7 Å². The van der Waals surface area contributed by atoms with Gasteiger partial charge in [-0.25, -0.2) is 0 Å². The van der Waals surface area contributed by atoms with Gasteiger partial charge in [0.25, 0.3) is 11.7 Å². The van der Waals surface area contributed by atoms with Gasteiger partial charge in [-0.3, -0.25) is 9.59 Å². The number of unbranched alkanes of at least 4 members (excludes halogenated alkanes) is 1. The minimum atomic E-state index is -0.707. The third-order valence-corrected chi connectivity index (χ3v) is 6.63. The fourth-order valence-corrected chi connectivity index (χ4v) is 4.44. The summed E-state index contributed by atoms with van der Waals surface area (Å²) in [6.07, 6.45) is 2.85. The summed E-state index contributed by atoms with van der Waals surface area (Å²) in [5.41, 5.74) is 1.29. The molecule has 1 amide bonds. The molecule has 200 valence electrons. The van der Waals surface area contributed by atoms with E-state index in [0.717, 1.165) is 37.9 Å². The van der Waals surface area contributed by atoms with Crippen LogP contribution in [0.25, 0.3) is 5.76 Å². The monoisotopic (exact) mass is 508 g/mol. The normalized spacial score (nSPS) is 17.0. The number of hydrogen-bond acceptors (Lipinski definition) is 6. The topological polar surface area (TPSA) is 79.3 Å². The zero-order valence-corrected chi connectivity index (χ0v) is 22.5. The van der Waals surface area contributed by atoms with E-state index in [9.17, 15) is 14.7 Å². The molecule has 2 aromatic rings. The minimum absolute atomic E-state index is 0.0949. The van der Waals surface area contributed by atoms with Crippen LogP contribution in [0.1, 0.15) is 64.1 Å². The molecule has 0 bridgehead atoms. The number of rotatable bonds is 14. The highest BCUT2D eigenvalue weighted by Gasteiger charge is 2.46. The Morgan fingerprint density at radius 1 is 0.919 bits per heavy atom. The van der Waals surface area contributed by atoms with Gasteiger partial charge in [0.15, 0.2) is 0 Å². The zero-order valence-electron chi connectivity index (χ0n) is 22.5. The number of ether oxygens (including phenoxy) is 2. The van der Waals surface area contributed by atoms with E-state index in [1.54, 1.807) is 29.2 Å². The molecular formula is C30H40N2O5. The minimum Gasteiger partial charge on any atom is -0.507 e. The van der Waals surface area contributed by atoms with Crippen molar-refractivity contribution in [2.45, 2.75) is 53.0 Å². The molecule has 1 unspecified atom stereocenters. The number of Topliss-reactive ketones (excluding diaryl/α,β-unsaturated/α-hetero) is 1. The van der Waals surface area contributed by atoms with Crippen molar-refractivity contribution in [1.29, 1.82) is 0 Å². The highest BCUT2D eigenvalue weighted by atomic mass is 16.5. The van der Waals surface area contributed by atoms with Crippen LogP contribution in [-0.4, -0.2) is 66.0 Å². The van der Waals surface area contributed by atoms with E-state index in [1.807, 2.05) is 31.2 Å². The molecule has 2 aromatic carbocycles. The Morgan fingerprint density at radius 2 is 1.62 bits per heavy atom. The largest absolute Gasteiger partial charge is 0.507 e. The van der Waals surface area contributed by atoms with Crippen LogP contribution in [0.3, 0.4) is 0 Å². The van der Waals surface area contributed by atoms with Crippen molar-refractivity contribution in [2.75, 3.05) is 39.4 Å². The number of amides is 1. The fraction of sp³-hybridized carbons (Fsp3) is 0.467. The summed E-state index contributed by atoms with van der Waals surface area (Å²) in [6.45, 7) is 12.2. The zero-order chi connectivity index (χ0) is 26.8. The molecule has 7 nitrogen and oxygen atoms in total. The molecule has 1 aliphatic heterocycles. The van der Waals surface area contributed by atoms with Crippen LogP contribution < -0.4 is 9.47 Å². The summed E-state index contributed by atoms with van der Waals surface area (Å²) >= 11 is 0. The van der Waals surface area contributed by atoms with Crippen molar-refractivity contribution in [3.8, 4) is 11.5 Å². The predicted molar refractivity (Wildman–Crippen MR) is 146 cm³/mol. The van der Waals surface area contributed by atoms with Gasteiger partial charge >= 0.3 is 0 Å². The first kappa shape index (κ1) is 28.3. The van der Waals surface area contributed by atoms with Gasteiger partial charge in [0.1, 0.15) is 17.3 Å². The van der Waals surface area contributed by atoms with Crippen LogP contribution in [0.4, 0.5) is 0 Å². The summed E-state index contributed by atoms with van der Waals surface area (Å²) < 4.78 is 11.5. The van der Waals surface area contributed by atoms with E-state index in [0.29, 0.717) is 43.4 Å². The van der Waals surface area contributed by atoms with Gasteiger partial charge in [-0.2, -0.15) is 0 Å². The second kappa shape index (κ2) is 13.8. The van der Waals surface area contributed by atoms with Gasteiger partial charge in [-0.15, -0.1) is 0 Å². The van der Waals surface area contributed by atoms with Crippen LogP contribution in [0, 0.1) is 0 Å². The van der Waals surface area contributed by atoms with E-state index in [4.69, 9.17) is 9.47 Å². The van der Waals surface area contributed by atoms with E-state index in [-0.39, 0.29) is 11.3 Å². The molecule has 3 rings (SSSR count). The first-order chi connectivity index (χ1) is 17.9. The highest BCUT2D eigenvalue weighted by molar-refractivity contribution is 6.46. The number of carbonyl (C=O) groups excluding carboxylic acids is 2. The number of aliphatic hydroxyl groups is 1. The van der Waals surface area contributed by atoms with Gasteiger partial charge in [0.2, 0.25) is 0 Å². The molecule has 0 radical (unpaired) electrons. The summed E-state index contributed by atoms with van der Waals surface area (Å²) in [5.74, 6) is -0.0955. The van der Waals surface area contributed by atoms with Crippen LogP contribution in [-0.2, 0) is 9.59 Å². The Kier molecular flexibility index (Phi) is 10.6. The standard InChI is InChI=1S/C30H40N2O5/c1-5-9-20-37-25-12-10-11-23(21-25)27-26(28(33)22-13-15-24(16-14-22)36-19-6-2)29(34)30(35)32(27)18-17-31(7-3)8-4/h10-16,21,27,33H,5-9,17-20H2,1-4H3/b28-26+. The molecule has 0 saturated carbocycles. The van der Waals surface area contributed by atoms with Crippen LogP contribution >= 0.6 is 0 Å². The average Bonchev–Trinajstić information content (AvgIpc) is 3.17. The molecule has 0 aliphatic carbocycles. The number of likely N-dealkylation sites (N-methyl/N-ethyl adjacent to an activating group) is 1. The molecular weight excluding hydrogens is 468 g/mol. The smallest absolute Gasteiger partial charge is 0.295 e. The van der Waals surface area contributed by atoms with Crippen molar-refractivity contribution in [3.05, 3.63) is 65.2 Å². The van der Waals surface area contributed by atoms with Gasteiger partial charge in [-0.05, 0) is 67.9 Å². The third-order valence-electron chi connectivity index (χ3n) is 6.63. The Morgan fingerprint density at radius 3 is 2.27 bits per heavy atom. The number of ketones is 1. The maximum absolute atomic E-state index is 13.3. The molecule has 1 saturated heterocycles.